The highest BCUT2D eigenvalue weighted by Gasteiger charge is 2.23. The van der Waals surface area contributed by atoms with Crippen LogP contribution in [0.5, 0.6) is 11.6 Å². The number of halogens is 2. The van der Waals surface area contributed by atoms with Crippen LogP contribution in [0.1, 0.15) is 32.6 Å². The minimum atomic E-state index is -0.259. The van der Waals surface area contributed by atoms with Gasteiger partial charge in [-0.3, -0.25) is 4.79 Å². The fourth-order valence-electron chi connectivity index (χ4n) is 2.87. The van der Waals surface area contributed by atoms with Crippen LogP contribution in [0.15, 0.2) is 36.5 Å². The van der Waals surface area contributed by atoms with Gasteiger partial charge in [-0.15, -0.1) is 0 Å². The van der Waals surface area contributed by atoms with E-state index in [9.17, 15) is 4.79 Å². The molecule has 1 aromatic heterocycles. The molecule has 3 aromatic rings. The van der Waals surface area contributed by atoms with E-state index >= 15 is 0 Å². The summed E-state index contributed by atoms with van der Waals surface area (Å²) in [7, 11) is 3.34. The number of aryl methyl sites for hydroxylation is 2. The lowest BCUT2D eigenvalue weighted by Gasteiger charge is -2.12. The SMILES string of the molecule is COc1ccc(COc2c(C(=O)c3cc(C)c(Cl)c(C)c3Cl)cnn2C)cc1. The molecule has 2 aromatic carbocycles. The largest absolute Gasteiger partial charge is 0.497 e. The molecule has 0 atom stereocenters. The summed E-state index contributed by atoms with van der Waals surface area (Å²) in [5.74, 6) is 0.885. The summed E-state index contributed by atoms with van der Waals surface area (Å²) in [6.45, 7) is 3.92. The Morgan fingerprint density at radius 3 is 2.43 bits per heavy atom. The molecule has 7 heteroatoms. The topological polar surface area (TPSA) is 53.4 Å². The minimum Gasteiger partial charge on any atom is -0.497 e. The summed E-state index contributed by atoms with van der Waals surface area (Å²) in [6.07, 6.45) is 1.49. The van der Waals surface area contributed by atoms with E-state index in [2.05, 4.69) is 5.10 Å². The van der Waals surface area contributed by atoms with E-state index in [0.717, 1.165) is 16.9 Å². The van der Waals surface area contributed by atoms with E-state index in [1.165, 1.54) is 10.9 Å². The molecule has 0 amide bonds. The Labute approximate surface area is 173 Å². The maximum absolute atomic E-state index is 13.1. The molecule has 3 rings (SSSR count). The molecule has 28 heavy (non-hydrogen) atoms. The van der Waals surface area contributed by atoms with Gasteiger partial charge in [0.25, 0.3) is 0 Å². The van der Waals surface area contributed by atoms with Crippen LogP contribution in [0.3, 0.4) is 0 Å². The summed E-state index contributed by atoms with van der Waals surface area (Å²) in [4.78, 5) is 13.1. The van der Waals surface area contributed by atoms with Gasteiger partial charge in [-0.1, -0.05) is 35.3 Å². The van der Waals surface area contributed by atoms with Crippen LogP contribution >= 0.6 is 23.2 Å². The highest BCUT2D eigenvalue weighted by Crippen LogP contribution is 2.33. The van der Waals surface area contributed by atoms with Crippen molar-refractivity contribution < 1.29 is 14.3 Å². The smallest absolute Gasteiger partial charge is 0.223 e. The molecule has 0 saturated heterocycles. The van der Waals surface area contributed by atoms with Gasteiger partial charge in [-0.25, -0.2) is 4.68 Å². The molecule has 0 aliphatic rings. The summed E-state index contributed by atoms with van der Waals surface area (Å²) in [6, 6.07) is 9.21. The number of ether oxygens (including phenoxy) is 2. The molecule has 5 nitrogen and oxygen atoms in total. The van der Waals surface area contributed by atoms with E-state index in [4.69, 9.17) is 32.7 Å². The van der Waals surface area contributed by atoms with Crippen LogP contribution in [0.2, 0.25) is 10.0 Å². The second kappa shape index (κ2) is 8.25. The third-order valence-corrected chi connectivity index (χ3v) is 5.58. The van der Waals surface area contributed by atoms with Gasteiger partial charge in [0.15, 0.2) is 0 Å². The summed E-state index contributed by atoms with van der Waals surface area (Å²) < 4.78 is 12.6. The van der Waals surface area contributed by atoms with Crippen molar-refractivity contribution in [2.75, 3.05) is 7.11 Å². The molecule has 0 bridgehead atoms. The average Bonchev–Trinajstić information content (AvgIpc) is 3.07. The average molecular weight is 419 g/mol. The summed E-state index contributed by atoms with van der Waals surface area (Å²) in [5.41, 5.74) is 3.13. The number of hydrogen-bond donors (Lipinski definition) is 0. The minimum absolute atomic E-state index is 0.259. The van der Waals surface area contributed by atoms with Gasteiger partial charge in [-0.2, -0.15) is 5.10 Å². The number of benzene rings is 2. The van der Waals surface area contributed by atoms with E-state index in [1.807, 2.05) is 31.2 Å². The Kier molecular flexibility index (Phi) is 5.96. The normalized spacial score (nSPS) is 10.8. The maximum Gasteiger partial charge on any atom is 0.223 e. The number of carbonyl (C=O) groups is 1. The highest BCUT2D eigenvalue weighted by molar-refractivity contribution is 6.39. The molecular weight excluding hydrogens is 399 g/mol. The number of aromatic nitrogens is 2. The third kappa shape index (κ3) is 3.86. The van der Waals surface area contributed by atoms with Crippen molar-refractivity contribution in [1.82, 2.24) is 9.78 Å². The molecular formula is C21H20Cl2N2O3. The van der Waals surface area contributed by atoms with E-state index in [1.54, 1.807) is 27.1 Å². The van der Waals surface area contributed by atoms with Crippen molar-refractivity contribution in [1.29, 1.82) is 0 Å². The number of methoxy groups -OCH3 is 1. The monoisotopic (exact) mass is 418 g/mol. The quantitative estimate of drug-likeness (QED) is 0.518. The van der Waals surface area contributed by atoms with E-state index in [0.29, 0.717) is 32.6 Å². The van der Waals surface area contributed by atoms with Gasteiger partial charge >= 0.3 is 0 Å². The molecule has 0 N–H and O–H groups in total. The van der Waals surface area contributed by atoms with E-state index < -0.39 is 0 Å². The zero-order valence-electron chi connectivity index (χ0n) is 16.0. The zero-order valence-corrected chi connectivity index (χ0v) is 17.6. The van der Waals surface area contributed by atoms with Gasteiger partial charge in [0.1, 0.15) is 17.9 Å². The van der Waals surface area contributed by atoms with Gasteiger partial charge < -0.3 is 9.47 Å². The summed E-state index contributed by atoms with van der Waals surface area (Å²) >= 11 is 12.6. The lowest BCUT2D eigenvalue weighted by atomic mass is 10.0. The first-order valence-corrected chi connectivity index (χ1v) is 9.36. The number of rotatable bonds is 6. The van der Waals surface area contributed by atoms with Crippen molar-refractivity contribution in [2.45, 2.75) is 20.5 Å². The predicted molar refractivity (Wildman–Crippen MR) is 110 cm³/mol. The van der Waals surface area contributed by atoms with Crippen molar-refractivity contribution >= 4 is 29.0 Å². The van der Waals surface area contributed by atoms with Crippen molar-refractivity contribution in [3.8, 4) is 11.6 Å². The highest BCUT2D eigenvalue weighted by atomic mass is 35.5. The predicted octanol–water partition coefficient (Wildman–Crippen LogP) is 5.16. The Morgan fingerprint density at radius 2 is 1.79 bits per heavy atom. The van der Waals surface area contributed by atoms with Crippen LogP contribution < -0.4 is 9.47 Å². The molecule has 146 valence electrons. The lowest BCUT2D eigenvalue weighted by Crippen LogP contribution is -2.08. The number of carbonyl (C=O) groups excluding carboxylic acids is 1. The van der Waals surface area contributed by atoms with Crippen molar-refractivity contribution in [2.24, 2.45) is 7.05 Å². The Bertz CT molecular complexity index is 1030. The van der Waals surface area contributed by atoms with Crippen LogP contribution in [-0.4, -0.2) is 22.7 Å². The lowest BCUT2D eigenvalue weighted by molar-refractivity contribution is 0.103. The number of hydrogen-bond acceptors (Lipinski definition) is 4. The molecule has 0 radical (unpaired) electrons. The molecule has 0 aliphatic carbocycles. The van der Waals surface area contributed by atoms with E-state index in [-0.39, 0.29) is 12.4 Å². The van der Waals surface area contributed by atoms with Crippen LogP contribution in [0.25, 0.3) is 0 Å². The molecule has 0 aliphatic heterocycles. The van der Waals surface area contributed by atoms with Gasteiger partial charge in [0.05, 0.1) is 18.3 Å². The molecule has 0 saturated carbocycles. The fraction of sp³-hybridized carbons (Fsp3) is 0.238. The molecule has 0 spiro atoms. The second-order valence-electron chi connectivity index (χ2n) is 6.45. The standard InChI is InChI=1S/C21H20Cl2N2O3/c1-12-9-16(19(23)13(2)18(12)22)20(26)17-10-24-25(3)21(17)28-11-14-5-7-15(27-4)8-6-14/h5-10H,11H2,1-4H3. The molecule has 1 heterocycles. The molecule has 0 unspecified atom stereocenters. The first-order valence-electron chi connectivity index (χ1n) is 8.61. The summed E-state index contributed by atoms with van der Waals surface area (Å²) in [5, 5.41) is 5.07. The van der Waals surface area contributed by atoms with Crippen LogP contribution in [-0.2, 0) is 13.7 Å². The van der Waals surface area contributed by atoms with Crippen LogP contribution in [0, 0.1) is 13.8 Å². The van der Waals surface area contributed by atoms with Crippen molar-refractivity contribution in [3.63, 3.8) is 0 Å². The van der Waals surface area contributed by atoms with Crippen LogP contribution in [0.4, 0.5) is 0 Å². The Balaban J connectivity index is 1.89. The fourth-order valence-corrected chi connectivity index (χ4v) is 3.31. The number of ketones is 1. The number of nitrogens with zero attached hydrogens (tertiary/aromatic N) is 2. The van der Waals surface area contributed by atoms with Gasteiger partial charge in [0, 0.05) is 17.6 Å². The zero-order chi connectivity index (χ0) is 20.4. The Hall–Kier alpha value is -2.50. The second-order valence-corrected chi connectivity index (χ2v) is 7.20. The van der Waals surface area contributed by atoms with Gasteiger partial charge in [-0.05, 0) is 48.7 Å². The Morgan fingerprint density at radius 1 is 1.11 bits per heavy atom. The third-order valence-electron chi connectivity index (χ3n) is 4.51. The maximum atomic E-state index is 13.1. The van der Waals surface area contributed by atoms with Gasteiger partial charge in [0.2, 0.25) is 11.7 Å². The first-order chi connectivity index (χ1) is 13.3. The van der Waals surface area contributed by atoms with Crippen molar-refractivity contribution in [3.05, 3.63) is 74.4 Å². The molecule has 0 fully saturated rings. The first kappa shape index (κ1) is 20.2.